The second kappa shape index (κ2) is 4.71. The molecule has 2 rings (SSSR count). The SMILES string of the molecule is CNC(c1ccc2c(c1)CCC(=O)N2)C(C)(C)O. The van der Waals surface area contributed by atoms with Crippen molar-refractivity contribution in [1.82, 2.24) is 5.32 Å². The Hall–Kier alpha value is -1.39. The lowest BCUT2D eigenvalue weighted by Gasteiger charge is -2.30. The Morgan fingerprint density at radius 1 is 1.39 bits per heavy atom. The van der Waals surface area contributed by atoms with Gasteiger partial charge in [0.1, 0.15) is 0 Å². The van der Waals surface area contributed by atoms with Crippen LogP contribution in [0.5, 0.6) is 0 Å². The fourth-order valence-corrected chi connectivity index (χ4v) is 2.51. The highest BCUT2D eigenvalue weighted by Crippen LogP contribution is 2.30. The van der Waals surface area contributed by atoms with Crippen molar-refractivity contribution in [1.29, 1.82) is 0 Å². The molecule has 1 heterocycles. The Kier molecular flexibility index (Phi) is 3.41. The van der Waals surface area contributed by atoms with Crippen LogP contribution in [0.15, 0.2) is 18.2 Å². The number of carbonyl (C=O) groups excluding carboxylic acids is 1. The zero-order chi connectivity index (χ0) is 13.3. The molecule has 0 saturated heterocycles. The predicted molar refractivity (Wildman–Crippen MR) is 71.5 cm³/mol. The summed E-state index contributed by atoms with van der Waals surface area (Å²) in [4.78, 5) is 11.3. The van der Waals surface area contributed by atoms with Crippen LogP contribution in [0.3, 0.4) is 0 Å². The van der Waals surface area contributed by atoms with Crippen LogP contribution in [-0.2, 0) is 11.2 Å². The van der Waals surface area contributed by atoms with Crippen LogP contribution in [0.25, 0.3) is 0 Å². The van der Waals surface area contributed by atoms with E-state index in [2.05, 4.69) is 16.7 Å². The number of hydrogen-bond donors (Lipinski definition) is 3. The van der Waals surface area contributed by atoms with Gasteiger partial charge < -0.3 is 15.7 Å². The van der Waals surface area contributed by atoms with Gasteiger partial charge in [0.25, 0.3) is 0 Å². The van der Waals surface area contributed by atoms with Gasteiger partial charge in [0, 0.05) is 12.1 Å². The van der Waals surface area contributed by atoms with E-state index >= 15 is 0 Å². The lowest BCUT2D eigenvalue weighted by Crippen LogP contribution is -2.37. The molecule has 1 aliphatic heterocycles. The van der Waals surface area contributed by atoms with Crippen LogP contribution in [-0.4, -0.2) is 23.7 Å². The van der Waals surface area contributed by atoms with Crippen LogP contribution in [0.1, 0.15) is 37.4 Å². The summed E-state index contributed by atoms with van der Waals surface area (Å²) in [7, 11) is 1.84. The maximum absolute atomic E-state index is 11.3. The summed E-state index contributed by atoms with van der Waals surface area (Å²) in [6.45, 7) is 3.57. The minimum Gasteiger partial charge on any atom is -0.388 e. The Labute approximate surface area is 107 Å². The minimum atomic E-state index is -0.832. The van der Waals surface area contributed by atoms with Crippen molar-refractivity contribution in [2.24, 2.45) is 0 Å². The third kappa shape index (κ3) is 2.54. The summed E-state index contributed by atoms with van der Waals surface area (Å²) in [6, 6.07) is 5.80. The summed E-state index contributed by atoms with van der Waals surface area (Å²) >= 11 is 0. The molecule has 0 aromatic heterocycles. The highest BCUT2D eigenvalue weighted by Gasteiger charge is 2.27. The van der Waals surface area contributed by atoms with Crippen molar-refractivity contribution < 1.29 is 9.90 Å². The zero-order valence-electron chi connectivity index (χ0n) is 11.1. The second-order valence-electron chi connectivity index (χ2n) is 5.34. The fourth-order valence-electron chi connectivity index (χ4n) is 2.51. The number of carbonyl (C=O) groups is 1. The number of nitrogens with one attached hydrogen (secondary N) is 2. The van der Waals surface area contributed by atoms with Gasteiger partial charge in [0.2, 0.25) is 5.91 Å². The maximum Gasteiger partial charge on any atom is 0.224 e. The number of benzene rings is 1. The zero-order valence-corrected chi connectivity index (χ0v) is 11.1. The molecular weight excluding hydrogens is 228 g/mol. The molecule has 0 bridgehead atoms. The largest absolute Gasteiger partial charge is 0.388 e. The molecule has 4 nitrogen and oxygen atoms in total. The van der Waals surface area contributed by atoms with Gasteiger partial charge in [-0.1, -0.05) is 12.1 Å². The molecular formula is C14H20N2O2. The number of likely N-dealkylation sites (N-methyl/N-ethyl adjacent to an activating group) is 1. The Balaban J connectivity index is 2.34. The van der Waals surface area contributed by atoms with Crippen LogP contribution in [0.4, 0.5) is 5.69 Å². The molecule has 18 heavy (non-hydrogen) atoms. The molecule has 4 heteroatoms. The molecule has 0 spiro atoms. The van der Waals surface area contributed by atoms with Gasteiger partial charge in [0.15, 0.2) is 0 Å². The van der Waals surface area contributed by atoms with Gasteiger partial charge in [-0.05, 0) is 44.5 Å². The van der Waals surface area contributed by atoms with E-state index in [-0.39, 0.29) is 11.9 Å². The van der Waals surface area contributed by atoms with Gasteiger partial charge in [-0.2, -0.15) is 0 Å². The molecule has 1 aromatic carbocycles. The first-order valence-corrected chi connectivity index (χ1v) is 6.24. The highest BCUT2D eigenvalue weighted by molar-refractivity contribution is 5.93. The first-order valence-electron chi connectivity index (χ1n) is 6.24. The topological polar surface area (TPSA) is 61.4 Å². The number of rotatable bonds is 3. The second-order valence-corrected chi connectivity index (χ2v) is 5.34. The van der Waals surface area contributed by atoms with Gasteiger partial charge >= 0.3 is 0 Å². The molecule has 3 N–H and O–H groups in total. The monoisotopic (exact) mass is 248 g/mol. The molecule has 0 radical (unpaired) electrons. The van der Waals surface area contributed by atoms with Crippen LogP contribution in [0, 0.1) is 0 Å². The average molecular weight is 248 g/mol. The number of amides is 1. The van der Waals surface area contributed by atoms with Crippen molar-refractivity contribution in [2.75, 3.05) is 12.4 Å². The van der Waals surface area contributed by atoms with Crippen molar-refractivity contribution in [3.63, 3.8) is 0 Å². The van der Waals surface area contributed by atoms with E-state index in [0.717, 1.165) is 23.2 Å². The van der Waals surface area contributed by atoms with Gasteiger partial charge in [-0.15, -0.1) is 0 Å². The summed E-state index contributed by atoms with van der Waals surface area (Å²) in [5.41, 5.74) is 2.23. The number of anilines is 1. The lowest BCUT2D eigenvalue weighted by atomic mass is 9.89. The van der Waals surface area contributed by atoms with E-state index in [1.807, 2.05) is 19.2 Å². The molecule has 1 unspecified atom stereocenters. The highest BCUT2D eigenvalue weighted by atomic mass is 16.3. The number of hydrogen-bond acceptors (Lipinski definition) is 3. The molecule has 1 aromatic rings. The number of fused-ring (bicyclic) bond motifs is 1. The summed E-state index contributed by atoms with van der Waals surface area (Å²) in [5.74, 6) is 0.0721. The summed E-state index contributed by atoms with van der Waals surface area (Å²) < 4.78 is 0. The predicted octanol–water partition coefficient (Wildman–Crippen LogP) is 1.60. The van der Waals surface area contributed by atoms with E-state index in [1.165, 1.54) is 0 Å². The fraction of sp³-hybridized carbons (Fsp3) is 0.500. The molecule has 0 saturated carbocycles. The third-order valence-corrected chi connectivity index (χ3v) is 3.35. The molecule has 98 valence electrons. The molecule has 0 fully saturated rings. The number of aliphatic hydroxyl groups is 1. The van der Waals surface area contributed by atoms with Crippen molar-refractivity contribution >= 4 is 11.6 Å². The van der Waals surface area contributed by atoms with E-state index in [1.54, 1.807) is 13.8 Å². The maximum atomic E-state index is 11.3. The number of aryl methyl sites for hydroxylation is 1. The smallest absolute Gasteiger partial charge is 0.224 e. The molecule has 1 aliphatic rings. The van der Waals surface area contributed by atoms with Crippen LogP contribution < -0.4 is 10.6 Å². The molecule has 1 atom stereocenters. The minimum absolute atomic E-state index is 0.0721. The Morgan fingerprint density at radius 3 is 2.72 bits per heavy atom. The lowest BCUT2D eigenvalue weighted by molar-refractivity contribution is -0.116. The Morgan fingerprint density at radius 2 is 2.11 bits per heavy atom. The summed E-state index contributed by atoms with van der Waals surface area (Å²) in [6.07, 6.45) is 1.29. The summed E-state index contributed by atoms with van der Waals surface area (Å²) in [5, 5.41) is 16.1. The molecule has 0 aliphatic carbocycles. The first-order chi connectivity index (χ1) is 8.41. The van der Waals surface area contributed by atoms with Crippen LogP contribution in [0.2, 0.25) is 0 Å². The normalized spacial score (nSPS) is 17.0. The van der Waals surface area contributed by atoms with Crippen molar-refractivity contribution in [3.05, 3.63) is 29.3 Å². The van der Waals surface area contributed by atoms with E-state index in [9.17, 15) is 9.90 Å². The Bertz CT molecular complexity index is 463. The standard InChI is InChI=1S/C14H20N2O2/c1-14(2,18)13(15-3)10-4-6-11-9(8-10)5-7-12(17)16-11/h4,6,8,13,15,18H,5,7H2,1-3H3,(H,16,17). The quantitative estimate of drug-likeness (QED) is 0.761. The third-order valence-electron chi connectivity index (χ3n) is 3.35. The average Bonchev–Trinajstić information content (AvgIpc) is 2.28. The van der Waals surface area contributed by atoms with E-state index in [4.69, 9.17) is 0 Å². The van der Waals surface area contributed by atoms with Crippen molar-refractivity contribution in [2.45, 2.75) is 38.3 Å². The first kappa shape index (κ1) is 13.1. The van der Waals surface area contributed by atoms with Crippen LogP contribution >= 0.6 is 0 Å². The van der Waals surface area contributed by atoms with E-state index < -0.39 is 5.60 Å². The van der Waals surface area contributed by atoms with Gasteiger partial charge in [0.05, 0.1) is 11.6 Å². The van der Waals surface area contributed by atoms with Crippen molar-refractivity contribution in [3.8, 4) is 0 Å². The molecule has 1 amide bonds. The van der Waals surface area contributed by atoms with Gasteiger partial charge in [-0.3, -0.25) is 4.79 Å². The van der Waals surface area contributed by atoms with E-state index in [0.29, 0.717) is 6.42 Å². The van der Waals surface area contributed by atoms with Gasteiger partial charge in [-0.25, -0.2) is 0 Å².